The molecule has 0 saturated heterocycles. The molecule has 0 fully saturated rings. The predicted molar refractivity (Wildman–Crippen MR) is 116 cm³/mol. The summed E-state index contributed by atoms with van der Waals surface area (Å²) in [5.74, 6) is -1.41. The van der Waals surface area contributed by atoms with Crippen molar-refractivity contribution < 1.29 is 18.1 Å². The molecule has 0 aliphatic rings. The Morgan fingerprint density at radius 1 is 1.00 bits per heavy atom. The maximum atomic E-state index is 13.5. The number of halogens is 2. The fourth-order valence-corrected chi connectivity index (χ4v) is 3.23. The number of aromatic nitrogens is 2. The van der Waals surface area contributed by atoms with Gasteiger partial charge in [0, 0.05) is 23.7 Å². The van der Waals surface area contributed by atoms with Crippen LogP contribution in [0.15, 0.2) is 77.3 Å². The Kier molecular flexibility index (Phi) is 6.21. The average Bonchev–Trinajstić information content (AvgIpc) is 3.27. The number of hydrogen-bond acceptors (Lipinski definition) is 4. The van der Waals surface area contributed by atoms with Crippen molar-refractivity contribution in [3.05, 3.63) is 101 Å². The van der Waals surface area contributed by atoms with Crippen molar-refractivity contribution in [3.63, 3.8) is 0 Å². The second-order valence-corrected chi connectivity index (χ2v) is 7.30. The molecule has 4 rings (SSSR count). The van der Waals surface area contributed by atoms with E-state index in [1.807, 2.05) is 61.5 Å². The molecule has 0 saturated carbocycles. The number of anilines is 1. The van der Waals surface area contributed by atoms with E-state index in [1.54, 1.807) is 0 Å². The van der Waals surface area contributed by atoms with Crippen molar-refractivity contribution in [1.29, 1.82) is 0 Å². The zero-order valence-electron chi connectivity index (χ0n) is 17.2. The molecule has 162 valence electrons. The fraction of sp³-hybridized carbons (Fsp3) is 0.125. The highest BCUT2D eigenvalue weighted by Gasteiger charge is 2.23. The van der Waals surface area contributed by atoms with Crippen LogP contribution in [-0.2, 0) is 6.42 Å². The van der Waals surface area contributed by atoms with Gasteiger partial charge in [-0.25, -0.2) is 13.6 Å². The van der Waals surface area contributed by atoms with Crippen LogP contribution >= 0.6 is 0 Å². The number of amides is 2. The van der Waals surface area contributed by atoms with Crippen LogP contribution in [0.2, 0.25) is 0 Å². The topological polar surface area (TPSA) is 80.0 Å². The number of hydrogen-bond donors (Lipinski definition) is 2. The predicted octanol–water partition coefficient (Wildman–Crippen LogP) is 5.43. The first-order valence-corrected chi connectivity index (χ1v) is 9.95. The molecule has 0 radical (unpaired) electrons. The number of nitrogens with zero attached hydrogens (tertiary/aromatic N) is 2. The number of carbonyl (C=O) groups excluding carboxylic acids is 1. The van der Waals surface area contributed by atoms with Gasteiger partial charge in [0.1, 0.15) is 6.04 Å². The third kappa shape index (κ3) is 5.15. The van der Waals surface area contributed by atoms with Gasteiger partial charge in [0.2, 0.25) is 11.7 Å². The third-order valence-corrected chi connectivity index (χ3v) is 4.78. The van der Waals surface area contributed by atoms with Gasteiger partial charge in [-0.05, 0) is 30.7 Å². The number of urea groups is 1. The highest BCUT2D eigenvalue weighted by atomic mass is 19.2. The number of benzene rings is 3. The van der Waals surface area contributed by atoms with E-state index in [1.165, 1.54) is 6.07 Å². The number of aryl methyl sites for hydroxylation is 1. The molecule has 1 heterocycles. The fourth-order valence-electron chi connectivity index (χ4n) is 3.23. The van der Waals surface area contributed by atoms with Gasteiger partial charge in [-0.1, -0.05) is 59.3 Å². The van der Waals surface area contributed by atoms with Gasteiger partial charge in [0.05, 0.1) is 0 Å². The van der Waals surface area contributed by atoms with E-state index in [-0.39, 0.29) is 11.6 Å². The quantitative estimate of drug-likeness (QED) is 0.424. The van der Waals surface area contributed by atoms with Crippen molar-refractivity contribution in [3.8, 4) is 11.4 Å². The number of carbonyl (C=O) groups is 1. The Labute approximate surface area is 183 Å². The minimum Gasteiger partial charge on any atom is -0.337 e. The monoisotopic (exact) mass is 434 g/mol. The Morgan fingerprint density at radius 2 is 1.81 bits per heavy atom. The van der Waals surface area contributed by atoms with Crippen molar-refractivity contribution in [1.82, 2.24) is 15.5 Å². The third-order valence-electron chi connectivity index (χ3n) is 4.78. The number of rotatable bonds is 6. The van der Waals surface area contributed by atoms with Gasteiger partial charge in [0.25, 0.3) is 0 Å². The summed E-state index contributed by atoms with van der Waals surface area (Å²) < 4.78 is 32.1. The Bertz CT molecular complexity index is 1230. The summed E-state index contributed by atoms with van der Waals surface area (Å²) in [5.41, 5.74) is 2.91. The van der Waals surface area contributed by atoms with Crippen molar-refractivity contribution in [2.45, 2.75) is 19.4 Å². The van der Waals surface area contributed by atoms with Crippen LogP contribution in [0.3, 0.4) is 0 Å². The van der Waals surface area contributed by atoms with Crippen molar-refractivity contribution in [2.24, 2.45) is 0 Å². The lowest BCUT2D eigenvalue weighted by Crippen LogP contribution is -2.34. The van der Waals surface area contributed by atoms with Gasteiger partial charge in [-0.2, -0.15) is 4.98 Å². The SMILES string of the molecule is Cc1cccc(-c2noc(C(Cc3ccccc3)NC(=O)Nc3ccc(F)c(F)c3)n2)c1. The molecular formula is C24H20F2N4O2. The summed E-state index contributed by atoms with van der Waals surface area (Å²) in [7, 11) is 0. The lowest BCUT2D eigenvalue weighted by molar-refractivity contribution is 0.243. The maximum absolute atomic E-state index is 13.5. The van der Waals surface area contributed by atoms with E-state index in [0.29, 0.717) is 12.2 Å². The highest BCUT2D eigenvalue weighted by Crippen LogP contribution is 2.22. The smallest absolute Gasteiger partial charge is 0.319 e. The van der Waals surface area contributed by atoms with E-state index >= 15 is 0 Å². The summed E-state index contributed by atoms with van der Waals surface area (Å²) in [6.45, 7) is 1.97. The summed E-state index contributed by atoms with van der Waals surface area (Å²) in [4.78, 5) is 17.0. The van der Waals surface area contributed by atoms with E-state index in [4.69, 9.17) is 4.52 Å². The van der Waals surface area contributed by atoms with Crippen LogP contribution in [-0.4, -0.2) is 16.2 Å². The van der Waals surface area contributed by atoms with Crippen LogP contribution in [0.25, 0.3) is 11.4 Å². The van der Waals surface area contributed by atoms with Crippen LogP contribution in [0.4, 0.5) is 19.3 Å². The molecule has 4 aromatic rings. The normalized spacial score (nSPS) is 11.7. The van der Waals surface area contributed by atoms with Gasteiger partial charge in [0.15, 0.2) is 11.6 Å². The first-order chi connectivity index (χ1) is 15.5. The lowest BCUT2D eigenvalue weighted by atomic mass is 10.1. The molecule has 0 spiro atoms. The zero-order valence-corrected chi connectivity index (χ0v) is 17.2. The van der Waals surface area contributed by atoms with E-state index in [9.17, 15) is 13.6 Å². The number of nitrogens with one attached hydrogen (secondary N) is 2. The van der Waals surface area contributed by atoms with Crippen LogP contribution < -0.4 is 10.6 Å². The molecule has 2 amide bonds. The Balaban J connectivity index is 1.56. The molecule has 8 heteroatoms. The standard InChI is InChI=1S/C24H20F2N4O2/c1-15-6-5-9-17(12-15)22-29-23(32-30-22)21(13-16-7-3-2-4-8-16)28-24(31)27-18-10-11-19(25)20(26)14-18/h2-12,14,21H,13H2,1H3,(H2,27,28,31). The molecule has 0 aliphatic heterocycles. The van der Waals surface area contributed by atoms with E-state index < -0.39 is 23.7 Å². The molecule has 3 aromatic carbocycles. The minimum absolute atomic E-state index is 0.117. The largest absolute Gasteiger partial charge is 0.337 e. The van der Waals surface area contributed by atoms with Crippen LogP contribution in [0.1, 0.15) is 23.1 Å². The summed E-state index contributed by atoms with van der Waals surface area (Å²) in [6.07, 6.45) is 0.390. The second kappa shape index (κ2) is 9.38. The minimum atomic E-state index is -1.05. The second-order valence-electron chi connectivity index (χ2n) is 7.30. The molecular weight excluding hydrogens is 414 g/mol. The van der Waals surface area contributed by atoms with Crippen LogP contribution in [0.5, 0.6) is 0 Å². The summed E-state index contributed by atoms with van der Waals surface area (Å²) in [5, 5.41) is 9.33. The molecule has 1 atom stereocenters. The molecule has 32 heavy (non-hydrogen) atoms. The Morgan fingerprint density at radius 3 is 2.56 bits per heavy atom. The molecule has 0 aliphatic carbocycles. The summed E-state index contributed by atoms with van der Waals surface area (Å²) >= 11 is 0. The lowest BCUT2D eigenvalue weighted by Gasteiger charge is -2.16. The zero-order chi connectivity index (χ0) is 22.5. The molecule has 1 unspecified atom stereocenters. The maximum Gasteiger partial charge on any atom is 0.319 e. The van der Waals surface area contributed by atoms with Gasteiger partial charge >= 0.3 is 6.03 Å². The van der Waals surface area contributed by atoms with Gasteiger partial charge in [-0.15, -0.1) is 0 Å². The van der Waals surface area contributed by atoms with E-state index in [2.05, 4.69) is 20.8 Å². The Hall–Kier alpha value is -4.07. The first kappa shape index (κ1) is 21.2. The molecule has 2 N–H and O–H groups in total. The van der Waals surface area contributed by atoms with Crippen LogP contribution in [0, 0.1) is 18.6 Å². The molecule has 1 aromatic heterocycles. The average molecular weight is 434 g/mol. The highest BCUT2D eigenvalue weighted by molar-refractivity contribution is 5.89. The summed E-state index contributed by atoms with van der Waals surface area (Å²) in [6, 6.07) is 19.0. The first-order valence-electron chi connectivity index (χ1n) is 9.95. The van der Waals surface area contributed by atoms with Gasteiger partial charge in [-0.3, -0.25) is 0 Å². The molecule has 6 nitrogen and oxygen atoms in total. The van der Waals surface area contributed by atoms with Crippen molar-refractivity contribution >= 4 is 11.7 Å². The van der Waals surface area contributed by atoms with Gasteiger partial charge < -0.3 is 15.2 Å². The van der Waals surface area contributed by atoms with E-state index in [0.717, 1.165) is 28.8 Å². The molecule has 0 bridgehead atoms. The van der Waals surface area contributed by atoms with Crippen molar-refractivity contribution in [2.75, 3.05) is 5.32 Å².